The van der Waals surface area contributed by atoms with Gasteiger partial charge in [-0.25, -0.2) is 4.79 Å². The summed E-state index contributed by atoms with van der Waals surface area (Å²) in [6.07, 6.45) is -0.103. The summed E-state index contributed by atoms with van der Waals surface area (Å²) in [4.78, 5) is 21.4. The molecular formula is C10H11ClN2O3. The number of nitrogens with one attached hydrogen (secondary N) is 2. The smallest absolute Gasteiger partial charge is 0.319 e. The minimum Gasteiger partial charge on any atom is -0.481 e. The number of carboxylic acid groups (broad SMARTS) is 1. The van der Waals surface area contributed by atoms with E-state index in [0.29, 0.717) is 10.7 Å². The lowest BCUT2D eigenvalue weighted by atomic mass is 10.3. The maximum Gasteiger partial charge on any atom is 0.319 e. The Morgan fingerprint density at radius 3 is 2.44 bits per heavy atom. The summed E-state index contributed by atoms with van der Waals surface area (Å²) in [6.45, 7) is 0.0920. The highest BCUT2D eigenvalue weighted by Gasteiger charge is 2.02. The van der Waals surface area contributed by atoms with E-state index in [4.69, 9.17) is 16.7 Å². The van der Waals surface area contributed by atoms with E-state index in [-0.39, 0.29) is 13.0 Å². The number of amides is 2. The average Bonchev–Trinajstić information content (AvgIpc) is 2.21. The molecule has 1 aromatic carbocycles. The SMILES string of the molecule is O=C(O)CCNC(=O)Nc1ccc(Cl)cc1. The Kier molecular flexibility index (Phi) is 4.60. The van der Waals surface area contributed by atoms with Crippen LogP contribution in [-0.4, -0.2) is 23.7 Å². The summed E-state index contributed by atoms with van der Waals surface area (Å²) in [6, 6.07) is 6.16. The Morgan fingerprint density at radius 2 is 1.88 bits per heavy atom. The highest BCUT2D eigenvalue weighted by atomic mass is 35.5. The fourth-order valence-electron chi connectivity index (χ4n) is 0.991. The fraction of sp³-hybridized carbons (Fsp3) is 0.200. The number of aliphatic carboxylic acids is 1. The Balaban J connectivity index is 2.34. The lowest BCUT2D eigenvalue weighted by molar-refractivity contribution is -0.136. The van der Waals surface area contributed by atoms with Gasteiger partial charge < -0.3 is 15.7 Å². The predicted molar refractivity (Wildman–Crippen MR) is 60.7 cm³/mol. The molecule has 0 aliphatic carbocycles. The van der Waals surface area contributed by atoms with E-state index in [2.05, 4.69) is 10.6 Å². The third kappa shape index (κ3) is 4.65. The van der Waals surface area contributed by atoms with Crippen molar-refractivity contribution in [3.05, 3.63) is 29.3 Å². The lowest BCUT2D eigenvalue weighted by Gasteiger charge is -2.06. The summed E-state index contributed by atoms with van der Waals surface area (Å²) in [5.41, 5.74) is 0.595. The van der Waals surface area contributed by atoms with Gasteiger partial charge in [0.1, 0.15) is 0 Å². The van der Waals surface area contributed by atoms with Crippen molar-refractivity contribution in [2.45, 2.75) is 6.42 Å². The van der Waals surface area contributed by atoms with Crippen molar-refractivity contribution in [2.24, 2.45) is 0 Å². The van der Waals surface area contributed by atoms with E-state index in [1.807, 2.05) is 0 Å². The minimum absolute atomic E-state index is 0.0920. The lowest BCUT2D eigenvalue weighted by Crippen LogP contribution is -2.30. The van der Waals surface area contributed by atoms with Gasteiger partial charge in [-0.2, -0.15) is 0 Å². The number of rotatable bonds is 4. The van der Waals surface area contributed by atoms with Crippen LogP contribution in [-0.2, 0) is 4.79 Å². The predicted octanol–water partition coefficient (Wildman–Crippen LogP) is 1.94. The van der Waals surface area contributed by atoms with Gasteiger partial charge in [0.15, 0.2) is 0 Å². The molecule has 1 aromatic rings. The average molecular weight is 243 g/mol. The Bertz CT molecular complexity index is 378. The molecule has 6 heteroatoms. The molecule has 0 unspecified atom stereocenters. The van der Waals surface area contributed by atoms with Crippen LogP contribution in [0.4, 0.5) is 10.5 Å². The summed E-state index contributed by atoms with van der Waals surface area (Å²) >= 11 is 5.67. The largest absolute Gasteiger partial charge is 0.481 e. The van der Waals surface area contributed by atoms with Crippen molar-refractivity contribution >= 4 is 29.3 Å². The monoisotopic (exact) mass is 242 g/mol. The van der Waals surface area contributed by atoms with Gasteiger partial charge in [-0.15, -0.1) is 0 Å². The first kappa shape index (κ1) is 12.3. The third-order valence-corrected chi connectivity index (χ3v) is 1.98. The number of carboxylic acids is 1. The van der Waals surface area contributed by atoms with Gasteiger partial charge in [0, 0.05) is 17.3 Å². The molecule has 0 radical (unpaired) electrons. The number of hydrogen-bond donors (Lipinski definition) is 3. The molecule has 0 aliphatic rings. The van der Waals surface area contributed by atoms with Crippen molar-refractivity contribution < 1.29 is 14.7 Å². The third-order valence-electron chi connectivity index (χ3n) is 1.73. The van der Waals surface area contributed by atoms with Crippen molar-refractivity contribution in [1.29, 1.82) is 0 Å². The number of anilines is 1. The molecule has 3 N–H and O–H groups in total. The first-order chi connectivity index (χ1) is 7.58. The molecule has 16 heavy (non-hydrogen) atoms. The van der Waals surface area contributed by atoms with E-state index in [1.54, 1.807) is 24.3 Å². The number of halogens is 1. The van der Waals surface area contributed by atoms with Gasteiger partial charge >= 0.3 is 12.0 Å². The molecule has 0 saturated heterocycles. The van der Waals surface area contributed by atoms with Crippen LogP contribution in [0.15, 0.2) is 24.3 Å². The van der Waals surface area contributed by atoms with E-state index >= 15 is 0 Å². The quantitative estimate of drug-likeness (QED) is 0.755. The van der Waals surface area contributed by atoms with Gasteiger partial charge in [-0.3, -0.25) is 4.79 Å². The van der Waals surface area contributed by atoms with Crippen LogP contribution in [0.5, 0.6) is 0 Å². The summed E-state index contributed by atoms with van der Waals surface area (Å²) in [7, 11) is 0. The van der Waals surface area contributed by atoms with Gasteiger partial charge in [0.2, 0.25) is 0 Å². The van der Waals surface area contributed by atoms with E-state index < -0.39 is 12.0 Å². The minimum atomic E-state index is -0.952. The zero-order valence-electron chi connectivity index (χ0n) is 8.37. The molecule has 86 valence electrons. The second kappa shape index (κ2) is 5.97. The van der Waals surface area contributed by atoms with Crippen LogP contribution in [0.3, 0.4) is 0 Å². The van der Waals surface area contributed by atoms with Crippen molar-refractivity contribution in [2.75, 3.05) is 11.9 Å². The topological polar surface area (TPSA) is 78.4 Å². The van der Waals surface area contributed by atoms with Crippen LogP contribution in [0.1, 0.15) is 6.42 Å². The first-order valence-electron chi connectivity index (χ1n) is 4.60. The molecule has 0 aromatic heterocycles. The van der Waals surface area contributed by atoms with Crippen molar-refractivity contribution in [3.63, 3.8) is 0 Å². The van der Waals surface area contributed by atoms with E-state index in [1.165, 1.54) is 0 Å². The first-order valence-corrected chi connectivity index (χ1v) is 4.98. The summed E-state index contributed by atoms with van der Waals surface area (Å²) < 4.78 is 0. The number of carbonyl (C=O) groups is 2. The standard InChI is InChI=1S/C10H11ClN2O3/c11-7-1-3-8(4-2-7)13-10(16)12-6-5-9(14)15/h1-4H,5-6H2,(H,14,15)(H2,12,13,16). The van der Waals surface area contributed by atoms with E-state index in [0.717, 1.165) is 0 Å². The highest BCUT2D eigenvalue weighted by Crippen LogP contribution is 2.12. The molecule has 0 fully saturated rings. The second-order valence-corrected chi connectivity index (χ2v) is 3.47. The van der Waals surface area contributed by atoms with Crippen molar-refractivity contribution in [1.82, 2.24) is 5.32 Å². The molecule has 0 bridgehead atoms. The van der Waals surface area contributed by atoms with Crippen LogP contribution >= 0.6 is 11.6 Å². The normalized spacial score (nSPS) is 9.56. The van der Waals surface area contributed by atoms with Crippen LogP contribution < -0.4 is 10.6 Å². The molecule has 0 heterocycles. The second-order valence-electron chi connectivity index (χ2n) is 3.03. The number of carbonyl (C=O) groups excluding carboxylic acids is 1. The Morgan fingerprint density at radius 1 is 1.25 bits per heavy atom. The molecule has 0 saturated carbocycles. The van der Waals surface area contributed by atoms with Gasteiger partial charge in [0.25, 0.3) is 0 Å². The summed E-state index contributed by atoms with van der Waals surface area (Å²) in [5.74, 6) is -0.952. The van der Waals surface area contributed by atoms with Gasteiger partial charge in [-0.05, 0) is 24.3 Å². The van der Waals surface area contributed by atoms with Crippen LogP contribution in [0.2, 0.25) is 5.02 Å². The molecule has 1 rings (SSSR count). The molecule has 0 aliphatic heterocycles. The number of benzene rings is 1. The van der Waals surface area contributed by atoms with E-state index in [9.17, 15) is 9.59 Å². The molecular weight excluding hydrogens is 232 g/mol. The maximum atomic E-state index is 11.2. The number of urea groups is 1. The van der Waals surface area contributed by atoms with Crippen molar-refractivity contribution in [3.8, 4) is 0 Å². The fourth-order valence-corrected chi connectivity index (χ4v) is 1.12. The number of hydrogen-bond acceptors (Lipinski definition) is 2. The molecule has 5 nitrogen and oxygen atoms in total. The molecule has 0 atom stereocenters. The zero-order chi connectivity index (χ0) is 12.0. The van der Waals surface area contributed by atoms with Crippen LogP contribution in [0.25, 0.3) is 0 Å². The molecule has 0 spiro atoms. The summed E-state index contributed by atoms with van der Waals surface area (Å²) in [5, 5.41) is 13.9. The maximum absolute atomic E-state index is 11.2. The van der Waals surface area contributed by atoms with Gasteiger partial charge in [-0.1, -0.05) is 11.6 Å². The zero-order valence-corrected chi connectivity index (χ0v) is 9.12. The Labute approximate surface area is 97.4 Å². The Hall–Kier alpha value is -1.75. The van der Waals surface area contributed by atoms with Gasteiger partial charge in [0.05, 0.1) is 6.42 Å². The highest BCUT2D eigenvalue weighted by molar-refractivity contribution is 6.30. The molecule has 2 amide bonds. The van der Waals surface area contributed by atoms with Crippen LogP contribution in [0, 0.1) is 0 Å².